The molecule has 0 spiro atoms. The van der Waals surface area contributed by atoms with Gasteiger partial charge < -0.3 is 10.6 Å². The highest BCUT2D eigenvalue weighted by Gasteiger charge is 2.14. The van der Waals surface area contributed by atoms with Gasteiger partial charge in [0.2, 0.25) is 0 Å². The van der Waals surface area contributed by atoms with Crippen LogP contribution >= 0.6 is 11.6 Å². The second-order valence-corrected chi connectivity index (χ2v) is 3.73. The molecule has 1 saturated heterocycles. The van der Waals surface area contributed by atoms with Crippen LogP contribution in [0.1, 0.15) is 5.56 Å². The van der Waals surface area contributed by atoms with Gasteiger partial charge >= 0.3 is 0 Å². The Hall–Kier alpha value is -0.570. The average molecular weight is 197 g/mol. The van der Waals surface area contributed by atoms with Crippen molar-refractivity contribution in [2.45, 2.75) is 12.5 Å². The molecule has 1 fully saturated rings. The Balaban J connectivity index is 2.04. The Labute approximate surface area is 83.3 Å². The van der Waals surface area contributed by atoms with Crippen LogP contribution < -0.4 is 10.6 Å². The summed E-state index contributed by atoms with van der Waals surface area (Å²) >= 11 is 6.05. The van der Waals surface area contributed by atoms with Crippen molar-refractivity contribution in [3.63, 3.8) is 0 Å². The third-order valence-corrected chi connectivity index (χ3v) is 2.70. The van der Waals surface area contributed by atoms with Crippen molar-refractivity contribution < 1.29 is 0 Å². The van der Waals surface area contributed by atoms with Gasteiger partial charge in [-0.3, -0.25) is 0 Å². The molecule has 13 heavy (non-hydrogen) atoms. The summed E-state index contributed by atoms with van der Waals surface area (Å²) in [6, 6.07) is 8.55. The fourth-order valence-corrected chi connectivity index (χ4v) is 1.82. The van der Waals surface area contributed by atoms with E-state index in [1.807, 2.05) is 18.2 Å². The third kappa shape index (κ3) is 2.21. The van der Waals surface area contributed by atoms with Crippen LogP contribution in [0.3, 0.4) is 0 Å². The van der Waals surface area contributed by atoms with Crippen molar-refractivity contribution in [3.8, 4) is 0 Å². The SMILES string of the molecule is Clc1ccccc1CC1CNCN1. The zero-order chi connectivity index (χ0) is 9.10. The standard InChI is InChI=1S/C10H13ClN2/c11-10-4-2-1-3-8(10)5-9-6-12-7-13-9/h1-4,9,12-13H,5-7H2. The molecule has 1 aliphatic rings. The molecule has 0 aliphatic carbocycles. The molecule has 1 heterocycles. The predicted octanol–water partition coefficient (Wildman–Crippen LogP) is 1.40. The molecule has 2 rings (SSSR count). The summed E-state index contributed by atoms with van der Waals surface area (Å²) in [6.45, 7) is 1.94. The molecule has 0 radical (unpaired) electrons. The van der Waals surface area contributed by atoms with Gasteiger partial charge in [0.05, 0.1) is 0 Å². The molecular formula is C10H13ClN2. The van der Waals surface area contributed by atoms with E-state index in [1.165, 1.54) is 5.56 Å². The first-order valence-corrected chi connectivity index (χ1v) is 4.91. The lowest BCUT2D eigenvalue weighted by Crippen LogP contribution is -2.26. The van der Waals surface area contributed by atoms with Gasteiger partial charge in [0.15, 0.2) is 0 Å². The summed E-state index contributed by atoms with van der Waals surface area (Å²) in [5, 5.41) is 7.49. The van der Waals surface area contributed by atoms with Crippen LogP contribution in [-0.2, 0) is 6.42 Å². The van der Waals surface area contributed by atoms with E-state index in [9.17, 15) is 0 Å². The average Bonchev–Trinajstić information content (AvgIpc) is 2.61. The lowest BCUT2D eigenvalue weighted by molar-refractivity contribution is 0.629. The quantitative estimate of drug-likeness (QED) is 0.748. The number of benzene rings is 1. The Morgan fingerprint density at radius 1 is 1.38 bits per heavy atom. The van der Waals surface area contributed by atoms with E-state index in [1.54, 1.807) is 0 Å². The second-order valence-electron chi connectivity index (χ2n) is 3.33. The van der Waals surface area contributed by atoms with E-state index < -0.39 is 0 Å². The van der Waals surface area contributed by atoms with Crippen LogP contribution in [-0.4, -0.2) is 19.3 Å². The molecule has 1 aliphatic heterocycles. The maximum atomic E-state index is 6.05. The molecular weight excluding hydrogens is 184 g/mol. The van der Waals surface area contributed by atoms with Gasteiger partial charge in [-0.2, -0.15) is 0 Å². The van der Waals surface area contributed by atoms with Crippen molar-refractivity contribution in [1.82, 2.24) is 10.6 Å². The zero-order valence-electron chi connectivity index (χ0n) is 7.39. The summed E-state index contributed by atoms with van der Waals surface area (Å²) in [5.74, 6) is 0. The molecule has 0 saturated carbocycles. The van der Waals surface area contributed by atoms with Gasteiger partial charge in [-0.1, -0.05) is 29.8 Å². The lowest BCUT2D eigenvalue weighted by atomic mass is 10.1. The van der Waals surface area contributed by atoms with Crippen LogP contribution in [0.5, 0.6) is 0 Å². The van der Waals surface area contributed by atoms with E-state index in [4.69, 9.17) is 11.6 Å². The largest absolute Gasteiger partial charge is 0.303 e. The first kappa shape index (κ1) is 9.00. The Morgan fingerprint density at radius 2 is 2.23 bits per heavy atom. The molecule has 2 N–H and O–H groups in total. The normalized spacial score (nSPS) is 22.1. The molecule has 2 nitrogen and oxygen atoms in total. The molecule has 1 aromatic carbocycles. The van der Waals surface area contributed by atoms with E-state index >= 15 is 0 Å². The van der Waals surface area contributed by atoms with Crippen LogP contribution in [0, 0.1) is 0 Å². The van der Waals surface area contributed by atoms with Gasteiger partial charge in [-0.15, -0.1) is 0 Å². The van der Waals surface area contributed by atoms with Gasteiger partial charge in [0, 0.05) is 24.3 Å². The van der Waals surface area contributed by atoms with Crippen LogP contribution in [0.2, 0.25) is 5.02 Å². The highest BCUT2D eigenvalue weighted by Crippen LogP contribution is 2.16. The second kappa shape index (κ2) is 4.09. The first-order chi connectivity index (χ1) is 6.36. The van der Waals surface area contributed by atoms with Crippen molar-refractivity contribution >= 4 is 11.6 Å². The predicted molar refractivity (Wildman–Crippen MR) is 54.9 cm³/mol. The summed E-state index contributed by atoms with van der Waals surface area (Å²) < 4.78 is 0. The zero-order valence-corrected chi connectivity index (χ0v) is 8.14. The monoisotopic (exact) mass is 196 g/mol. The Bertz CT molecular complexity index is 282. The summed E-state index contributed by atoms with van der Waals surface area (Å²) in [5.41, 5.74) is 1.23. The summed E-state index contributed by atoms with van der Waals surface area (Å²) in [4.78, 5) is 0. The molecule has 1 aromatic rings. The number of hydrogen-bond acceptors (Lipinski definition) is 2. The molecule has 1 unspecified atom stereocenters. The number of nitrogens with one attached hydrogen (secondary N) is 2. The minimum absolute atomic E-state index is 0.528. The molecule has 0 amide bonds. The topological polar surface area (TPSA) is 24.1 Å². The van der Waals surface area contributed by atoms with Crippen LogP contribution in [0.4, 0.5) is 0 Å². The number of hydrogen-bond donors (Lipinski definition) is 2. The smallest absolute Gasteiger partial charge is 0.0457 e. The molecule has 0 bridgehead atoms. The minimum atomic E-state index is 0.528. The number of rotatable bonds is 2. The molecule has 70 valence electrons. The maximum absolute atomic E-state index is 6.05. The van der Waals surface area contributed by atoms with Crippen LogP contribution in [0.25, 0.3) is 0 Å². The highest BCUT2D eigenvalue weighted by atomic mass is 35.5. The first-order valence-electron chi connectivity index (χ1n) is 4.54. The third-order valence-electron chi connectivity index (χ3n) is 2.33. The maximum Gasteiger partial charge on any atom is 0.0457 e. The van der Waals surface area contributed by atoms with E-state index in [2.05, 4.69) is 16.7 Å². The highest BCUT2D eigenvalue weighted by molar-refractivity contribution is 6.31. The van der Waals surface area contributed by atoms with Gasteiger partial charge in [0.1, 0.15) is 0 Å². The number of halogens is 1. The Kier molecular flexibility index (Phi) is 2.83. The summed E-state index contributed by atoms with van der Waals surface area (Å²) in [6.07, 6.45) is 1.01. The van der Waals surface area contributed by atoms with Crippen molar-refractivity contribution in [3.05, 3.63) is 34.9 Å². The van der Waals surface area contributed by atoms with Gasteiger partial charge in [-0.05, 0) is 18.1 Å². The molecule has 0 aromatic heterocycles. The van der Waals surface area contributed by atoms with Crippen molar-refractivity contribution in [2.75, 3.05) is 13.2 Å². The van der Waals surface area contributed by atoms with E-state index in [-0.39, 0.29) is 0 Å². The Morgan fingerprint density at radius 3 is 2.92 bits per heavy atom. The van der Waals surface area contributed by atoms with E-state index in [0.29, 0.717) is 6.04 Å². The molecule has 3 heteroatoms. The van der Waals surface area contributed by atoms with Gasteiger partial charge in [-0.25, -0.2) is 0 Å². The minimum Gasteiger partial charge on any atom is -0.303 e. The summed E-state index contributed by atoms with van der Waals surface area (Å²) in [7, 11) is 0. The molecule has 1 atom stereocenters. The van der Waals surface area contributed by atoms with Crippen molar-refractivity contribution in [2.24, 2.45) is 0 Å². The van der Waals surface area contributed by atoms with Crippen molar-refractivity contribution in [1.29, 1.82) is 0 Å². The fraction of sp³-hybridized carbons (Fsp3) is 0.400. The van der Waals surface area contributed by atoms with Crippen LogP contribution in [0.15, 0.2) is 24.3 Å². The van der Waals surface area contributed by atoms with Gasteiger partial charge in [0.25, 0.3) is 0 Å². The van der Waals surface area contributed by atoms with E-state index in [0.717, 1.165) is 24.7 Å². The fourth-order valence-electron chi connectivity index (χ4n) is 1.61. The lowest BCUT2D eigenvalue weighted by Gasteiger charge is -2.09.